The van der Waals surface area contributed by atoms with Gasteiger partial charge in [0.15, 0.2) is 0 Å². The first kappa shape index (κ1) is 12.7. The lowest BCUT2D eigenvalue weighted by Gasteiger charge is -2.06. The molecule has 0 aliphatic rings. The smallest absolute Gasteiger partial charge is 0.270 e. The Hall–Kier alpha value is -1.40. The van der Waals surface area contributed by atoms with Crippen LogP contribution in [0.1, 0.15) is 6.42 Å². The van der Waals surface area contributed by atoms with Crippen LogP contribution < -0.4 is 16.0 Å². The molecule has 0 amide bonds. The van der Waals surface area contributed by atoms with Crippen molar-refractivity contribution in [2.45, 2.75) is 13.0 Å². The summed E-state index contributed by atoms with van der Waals surface area (Å²) in [6, 6.07) is 1.42. The molecule has 0 aliphatic carbocycles. The average Bonchev–Trinajstić information content (AvgIpc) is 2.28. The summed E-state index contributed by atoms with van der Waals surface area (Å²) in [5, 5.41) is 3.96. The molecule has 16 heavy (non-hydrogen) atoms. The molecule has 1 aromatic heterocycles. The van der Waals surface area contributed by atoms with E-state index in [9.17, 15) is 4.79 Å². The van der Waals surface area contributed by atoms with Gasteiger partial charge in [0.05, 0.1) is 26.0 Å². The van der Waals surface area contributed by atoms with Gasteiger partial charge in [-0.05, 0) is 13.0 Å². The second-order valence-electron chi connectivity index (χ2n) is 3.24. The molecule has 6 nitrogen and oxygen atoms in total. The van der Waals surface area contributed by atoms with Crippen LogP contribution in [0.5, 0.6) is 5.75 Å². The lowest BCUT2D eigenvalue weighted by atomic mass is 10.4. The number of nitrogens with two attached hydrogens (primary N) is 1. The van der Waals surface area contributed by atoms with E-state index in [4.69, 9.17) is 15.2 Å². The highest BCUT2D eigenvalue weighted by atomic mass is 16.5. The van der Waals surface area contributed by atoms with Crippen molar-refractivity contribution in [3.8, 4) is 5.75 Å². The minimum absolute atomic E-state index is 0.192. The van der Waals surface area contributed by atoms with Crippen molar-refractivity contribution in [2.75, 3.05) is 26.9 Å². The SMILES string of the molecule is COCCn1ncc(OCCCN)cc1=O. The zero-order valence-electron chi connectivity index (χ0n) is 9.39. The molecule has 0 saturated heterocycles. The van der Waals surface area contributed by atoms with Crippen LogP contribution in [0, 0.1) is 0 Å². The van der Waals surface area contributed by atoms with E-state index in [1.54, 1.807) is 7.11 Å². The highest BCUT2D eigenvalue weighted by Crippen LogP contribution is 2.03. The Kier molecular flexibility index (Phi) is 5.52. The number of nitrogens with zero attached hydrogens (tertiary/aromatic N) is 2. The number of methoxy groups -OCH3 is 1. The van der Waals surface area contributed by atoms with Gasteiger partial charge in [0.2, 0.25) is 0 Å². The summed E-state index contributed by atoms with van der Waals surface area (Å²) in [6.07, 6.45) is 2.28. The van der Waals surface area contributed by atoms with Gasteiger partial charge < -0.3 is 15.2 Å². The summed E-state index contributed by atoms with van der Waals surface area (Å²) in [5.74, 6) is 0.479. The molecule has 1 heterocycles. The molecular weight excluding hydrogens is 210 g/mol. The van der Waals surface area contributed by atoms with Gasteiger partial charge >= 0.3 is 0 Å². The van der Waals surface area contributed by atoms with Crippen molar-refractivity contribution in [3.63, 3.8) is 0 Å². The summed E-state index contributed by atoms with van der Waals surface area (Å²) < 4.78 is 11.5. The molecule has 0 atom stereocenters. The van der Waals surface area contributed by atoms with Crippen molar-refractivity contribution in [1.82, 2.24) is 9.78 Å². The lowest BCUT2D eigenvalue weighted by Crippen LogP contribution is -2.24. The van der Waals surface area contributed by atoms with Gasteiger partial charge in [-0.3, -0.25) is 4.79 Å². The van der Waals surface area contributed by atoms with Crippen LogP contribution in [-0.2, 0) is 11.3 Å². The maximum Gasteiger partial charge on any atom is 0.270 e. The summed E-state index contributed by atoms with van der Waals surface area (Å²) in [5.41, 5.74) is 5.13. The molecular formula is C10H17N3O3. The highest BCUT2D eigenvalue weighted by Gasteiger charge is 2.00. The zero-order chi connectivity index (χ0) is 11.8. The second-order valence-corrected chi connectivity index (χ2v) is 3.24. The molecule has 0 spiro atoms. The number of hydrogen-bond acceptors (Lipinski definition) is 5. The number of hydrogen-bond donors (Lipinski definition) is 1. The fourth-order valence-corrected chi connectivity index (χ4v) is 1.11. The molecule has 0 aliphatic heterocycles. The Labute approximate surface area is 94.0 Å². The lowest BCUT2D eigenvalue weighted by molar-refractivity contribution is 0.181. The summed E-state index contributed by atoms with van der Waals surface area (Å²) in [6.45, 7) is 1.97. The van der Waals surface area contributed by atoms with Crippen LogP contribution in [0.25, 0.3) is 0 Å². The Morgan fingerprint density at radius 3 is 2.94 bits per heavy atom. The van der Waals surface area contributed by atoms with Crippen LogP contribution in [0.2, 0.25) is 0 Å². The molecule has 0 saturated carbocycles. The Balaban J connectivity index is 2.56. The minimum Gasteiger partial charge on any atom is -0.492 e. The summed E-state index contributed by atoms with van der Waals surface area (Å²) in [4.78, 5) is 11.5. The van der Waals surface area contributed by atoms with Crippen molar-refractivity contribution in [2.24, 2.45) is 5.73 Å². The van der Waals surface area contributed by atoms with Crippen molar-refractivity contribution >= 4 is 0 Å². The van der Waals surface area contributed by atoms with Gasteiger partial charge in [-0.2, -0.15) is 5.10 Å². The first-order chi connectivity index (χ1) is 7.77. The minimum atomic E-state index is -0.192. The van der Waals surface area contributed by atoms with Gasteiger partial charge in [-0.15, -0.1) is 0 Å². The zero-order valence-corrected chi connectivity index (χ0v) is 9.39. The first-order valence-electron chi connectivity index (χ1n) is 5.17. The third-order valence-corrected chi connectivity index (χ3v) is 1.97. The normalized spacial score (nSPS) is 10.4. The van der Waals surface area contributed by atoms with E-state index in [1.165, 1.54) is 16.9 Å². The molecule has 0 aromatic carbocycles. The fraction of sp³-hybridized carbons (Fsp3) is 0.600. The third kappa shape index (κ3) is 4.00. The van der Waals surface area contributed by atoms with E-state index in [-0.39, 0.29) is 5.56 Å². The second kappa shape index (κ2) is 6.97. The first-order valence-corrected chi connectivity index (χ1v) is 5.17. The molecule has 6 heteroatoms. The van der Waals surface area contributed by atoms with Gasteiger partial charge in [0.1, 0.15) is 5.75 Å². The topological polar surface area (TPSA) is 79.4 Å². The van der Waals surface area contributed by atoms with Crippen LogP contribution in [0.4, 0.5) is 0 Å². The van der Waals surface area contributed by atoms with Gasteiger partial charge in [0, 0.05) is 13.2 Å². The molecule has 0 bridgehead atoms. The van der Waals surface area contributed by atoms with Crippen LogP contribution in [0.3, 0.4) is 0 Å². The number of aromatic nitrogens is 2. The van der Waals surface area contributed by atoms with E-state index in [2.05, 4.69) is 5.10 Å². The van der Waals surface area contributed by atoms with Crippen molar-refractivity contribution in [3.05, 3.63) is 22.6 Å². The van der Waals surface area contributed by atoms with E-state index < -0.39 is 0 Å². The third-order valence-electron chi connectivity index (χ3n) is 1.97. The maximum atomic E-state index is 11.5. The van der Waals surface area contributed by atoms with Crippen LogP contribution >= 0.6 is 0 Å². The molecule has 0 radical (unpaired) electrons. The Morgan fingerprint density at radius 2 is 2.31 bits per heavy atom. The Bertz CT molecular complexity index is 365. The molecule has 1 aromatic rings. The highest BCUT2D eigenvalue weighted by molar-refractivity contribution is 5.13. The van der Waals surface area contributed by atoms with Crippen LogP contribution in [0.15, 0.2) is 17.1 Å². The predicted octanol–water partition coefficient (Wildman–Crippen LogP) is -0.383. The van der Waals surface area contributed by atoms with Crippen molar-refractivity contribution < 1.29 is 9.47 Å². The van der Waals surface area contributed by atoms with Crippen LogP contribution in [-0.4, -0.2) is 36.6 Å². The van der Waals surface area contributed by atoms with E-state index >= 15 is 0 Å². The molecule has 90 valence electrons. The summed E-state index contributed by atoms with van der Waals surface area (Å²) >= 11 is 0. The Morgan fingerprint density at radius 1 is 1.50 bits per heavy atom. The molecule has 2 N–H and O–H groups in total. The monoisotopic (exact) mass is 227 g/mol. The van der Waals surface area contributed by atoms with Gasteiger partial charge in [0.25, 0.3) is 5.56 Å². The average molecular weight is 227 g/mol. The number of ether oxygens (including phenoxy) is 2. The van der Waals surface area contributed by atoms with E-state index in [0.717, 1.165) is 6.42 Å². The number of rotatable bonds is 7. The van der Waals surface area contributed by atoms with Gasteiger partial charge in [-0.1, -0.05) is 0 Å². The quantitative estimate of drug-likeness (QED) is 0.642. The van der Waals surface area contributed by atoms with E-state index in [1.807, 2.05) is 0 Å². The predicted molar refractivity (Wildman–Crippen MR) is 59.5 cm³/mol. The van der Waals surface area contributed by atoms with Crippen molar-refractivity contribution in [1.29, 1.82) is 0 Å². The molecule has 0 fully saturated rings. The van der Waals surface area contributed by atoms with Gasteiger partial charge in [-0.25, -0.2) is 4.68 Å². The largest absolute Gasteiger partial charge is 0.492 e. The molecule has 1 rings (SSSR count). The van der Waals surface area contributed by atoms with E-state index in [0.29, 0.717) is 32.1 Å². The maximum absolute atomic E-state index is 11.5. The molecule has 0 unspecified atom stereocenters. The fourth-order valence-electron chi connectivity index (χ4n) is 1.11. The summed E-state index contributed by atoms with van der Waals surface area (Å²) in [7, 11) is 1.58. The standard InChI is InChI=1S/C10H17N3O3/c1-15-6-4-13-10(14)7-9(8-12-13)16-5-2-3-11/h7-8H,2-6,11H2,1H3.